The fraction of sp³-hybridized carbons (Fsp3) is 0.0909. The van der Waals surface area contributed by atoms with E-state index in [0.717, 1.165) is 10.4 Å². The first-order valence-corrected chi connectivity index (χ1v) is 5.21. The lowest BCUT2D eigenvalue weighted by atomic mass is 10.1. The van der Waals surface area contributed by atoms with Crippen LogP contribution in [0.3, 0.4) is 0 Å². The van der Waals surface area contributed by atoms with Gasteiger partial charge < -0.3 is 5.73 Å². The van der Waals surface area contributed by atoms with Crippen LogP contribution in [0.1, 0.15) is 5.56 Å². The Bertz CT molecular complexity index is 423. The summed E-state index contributed by atoms with van der Waals surface area (Å²) in [7, 11) is 0. The monoisotopic (exact) mass is 207 g/mol. The highest BCUT2D eigenvalue weighted by Crippen LogP contribution is 2.26. The van der Waals surface area contributed by atoms with Crippen molar-refractivity contribution in [2.24, 2.45) is 5.73 Å². The van der Waals surface area contributed by atoms with E-state index in [1.165, 1.54) is 6.07 Å². The summed E-state index contributed by atoms with van der Waals surface area (Å²) >= 11 is 1.64. The van der Waals surface area contributed by atoms with Crippen molar-refractivity contribution in [3.8, 4) is 10.4 Å². The van der Waals surface area contributed by atoms with E-state index >= 15 is 0 Å². The second-order valence-electron chi connectivity index (χ2n) is 2.99. The fourth-order valence-electron chi connectivity index (χ4n) is 1.33. The Morgan fingerprint density at radius 2 is 2.14 bits per heavy atom. The lowest BCUT2D eigenvalue weighted by Crippen LogP contribution is -1.99. The molecular formula is C11H10FNS. The van der Waals surface area contributed by atoms with Gasteiger partial charge in [-0.2, -0.15) is 0 Å². The molecule has 2 aromatic rings. The predicted octanol–water partition coefficient (Wildman–Crippen LogP) is 3.01. The van der Waals surface area contributed by atoms with Gasteiger partial charge in [0.2, 0.25) is 0 Å². The number of halogens is 1. The first-order valence-electron chi connectivity index (χ1n) is 4.33. The number of hydrogen-bond donors (Lipinski definition) is 1. The van der Waals surface area contributed by atoms with Crippen molar-refractivity contribution in [3.63, 3.8) is 0 Å². The fourth-order valence-corrected chi connectivity index (χ4v) is 2.05. The molecular weight excluding hydrogens is 197 g/mol. The minimum atomic E-state index is -0.229. The molecule has 0 aliphatic rings. The molecule has 0 saturated heterocycles. The molecule has 3 heteroatoms. The van der Waals surface area contributed by atoms with Gasteiger partial charge in [0.15, 0.2) is 0 Å². The average Bonchev–Trinajstić information content (AvgIpc) is 2.71. The highest BCUT2D eigenvalue weighted by Gasteiger charge is 2.03. The normalized spacial score (nSPS) is 10.4. The van der Waals surface area contributed by atoms with Gasteiger partial charge in [0.05, 0.1) is 0 Å². The summed E-state index contributed by atoms with van der Waals surface area (Å²) in [6.07, 6.45) is 0. The smallest absolute Gasteiger partial charge is 0.127 e. The van der Waals surface area contributed by atoms with E-state index in [2.05, 4.69) is 0 Å². The van der Waals surface area contributed by atoms with Crippen molar-refractivity contribution in [3.05, 3.63) is 47.1 Å². The highest BCUT2D eigenvalue weighted by atomic mass is 32.1. The molecule has 1 nitrogen and oxygen atoms in total. The van der Waals surface area contributed by atoms with Gasteiger partial charge in [0.1, 0.15) is 5.82 Å². The Balaban J connectivity index is 2.46. The van der Waals surface area contributed by atoms with Crippen molar-refractivity contribution >= 4 is 11.3 Å². The van der Waals surface area contributed by atoms with Crippen LogP contribution in [0.5, 0.6) is 0 Å². The van der Waals surface area contributed by atoms with Crippen molar-refractivity contribution in [2.75, 3.05) is 0 Å². The van der Waals surface area contributed by atoms with Crippen LogP contribution >= 0.6 is 11.3 Å². The van der Waals surface area contributed by atoms with Crippen molar-refractivity contribution in [1.82, 2.24) is 0 Å². The lowest BCUT2D eigenvalue weighted by molar-refractivity contribution is 0.611. The Labute approximate surface area is 86.0 Å². The zero-order chi connectivity index (χ0) is 9.97. The Morgan fingerprint density at radius 1 is 1.29 bits per heavy atom. The van der Waals surface area contributed by atoms with Crippen LogP contribution in [0.4, 0.5) is 4.39 Å². The third-order valence-corrected chi connectivity index (χ3v) is 2.99. The zero-order valence-corrected chi connectivity index (χ0v) is 8.35. The summed E-state index contributed by atoms with van der Waals surface area (Å²) in [6, 6.07) is 9.04. The molecule has 0 spiro atoms. The van der Waals surface area contributed by atoms with Crippen LogP contribution in [-0.2, 0) is 6.54 Å². The van der Waals surface area contributed by atoms with Gasteiger partial charge in [-0.25, -0.2) is 4.39 Å². The molecule has 1 heterocycles. The molecule has 0 aliphatic heterocycles. The van der Waals surface area contributed by atoms with Crippen LogP contribution in [0.2, 0.25) is 0 Å². The predicted molar refractivity (Wildman–Crippen MR) is 57.6 cm³/mol. The lowest BCUT2D eigenvalue weighted by Gasteiger charge is -2.02. The van der Waals surface area contributed by atoms with Gasteiger partial charge in [0, 0.05) is 17.0 Å². The van der Waals surface area contributed by atoms with Crippen LogP contribution in [-0.4, -0.2) is 0 Å². The van der Waals surface area contributed by atoms with E-state index in [1.54, 1.807) is 23.5 Å². The molecule has 2 rings (SSSR count). The third kappa shape index (κ3) is 1.69. The maximum absolute atomic E-state index is 13.1. The van der Waals surface area contributed by atoms with Gasteiger partial charge in [0.25, 0.3) is 0 Å². The topological polar surface area (TPSA) is 26.0 Å². The minimum Gasteiger partial charge on any atom is -0.326 e. The average molecular weight is 207 g/mol. The van der Waals surface area contributed by atoms with E-state index in [4.69, 9.17) is 5.73 Å². The summed E-state index contributed by atoms with van der Waals surface area (Å²) in [6.45, 7) is 0.241. The number of hydrogen-bond acceptors (Lipinski definition) is 2. The molecule has 0 amide bonds. The number of rotatable bonds is 2. The van der Waals surface area contributed by atoms with Crippen molar-refractivity contribution in [2.45, 2.75) is 6.54 Å². The molecule has 1 aromatic carbocycles. The third-order valence-electron chi connectivity index (χ3n) is 2.07. The van der Waals surface area contributed by atoms with Gasteiger partial charge >= 0.3 is 0 Å². The molecule has 2 N–H and O–H groups in total. The second-order valence-corrected chi connectivity index (χ2v) is 3.94. The van der Waals surface area contributed by atoms with E-state index in [1.807, 2.05) is 17.5 Å². The van der Waals surface area contributed by atoms with Gasteiger partial charge in [-0.3, -0.25) is 0 Å². The molecule has 1 aromatic heterocycles. The van der Waals surface area contributed by atoms with E-state index in [0.29, 0.717) is 5.56 Å². The zero-order valence-electron chi connectivity index (χ0n) is 7.53. The number of benzene rings is 1. The highest BCUT2D eigenvalue weighted by molar-refractivity contribution is 7.13. The summed E-state index contributed by atoms with van der Waals surface area (Å²) in [4.78, 5) is 1.14. The SMILES string of the molecule is NCc1cc(-c2cccs2)ccc1F. The molecule has 0 unspecified atom stereocenters. The van der Waals surface area contributed by atoms with Crippen molar-refractivity contribution < 1.29 is 4.39 Å². The minimum absolute atomic E-state index is 0.229. The van der Waals surface area contributed by atoms with Gasteiger partial charge in [-0.15, -0.1) is 11.3 Å². The standard InChI is InChI=1S/C11H10FNS/c12-10-4-3-8(6-9(10)7-13)11-2-1-5-14-11/h1-6H,7,13H2. The quantitative estimate of drug-likeness (QED) is 0.804. The van der Waals surface area contributed by atoms with E-state index in [9.17, 15) is 4.39 Å². The van der Waals surface area contributed by atoms with Crippen LogP contribution < -0.4 is 5.73 Å². The van der Waals surface area contributed by atoms with Crippen LogP contribution in [0.15, 0.2) is 35.7 Å². The molecule has 14 heavy (non-hydrogen) atoms. The molecule has 0 aliphatic carbocycles. The number of nitrogens with two attached hydrogens (primary N) is 1. The summed E-state index contributed by atoms with van der Waals surface area (Å²) in [5.41, 5.74) is 7.03. The molecule has 72 valence electrons. The summed E-state index contributed by atoms with van der Waals surface area (Å²) in [5.74, 6) is -0.229. The van der Waals surface area contributed by atoms with Gasteiger partial charge in [-0.1, -0.05) is 12.1 Å². The summed E-state index contributed by atoms with van der Waals surface area (Å²) < 4.78 is 13.1. The van der Waals surface area contributed by atoms with Crippen LogP contribution in [0, 0.1) is 5.82 Å². The first kappa shape index (κ1) is 9.37. The van der Waals surface area contributed by atoms with E-state index in [-0.39, 0.29) is 12.4 Å². The Hall–Kier alpha value is -1.19. The summed E-state index contributed by atoms with van der Waals surface area (Å²) in [5, 5.41) is 2.00. The maximum atomic E-state index is 13.1. The van der Waals surface area contributed by atoms with E-state index < -0.39 is 0 Å². The Kier molecular flexibility index (Phi) is 2.61. The molecule has 0 bridgehead atoms. The first-order chi connectivity index (χ1) is 6.81. The molecule has 0 fully saturated rings. The largest absolute Gasteiger partial charge is 0.326 e. The number of thiophene rings is 1. The Morgan fingerprint density at radius 3 is 2.79 bits per heavy atom. The van der Waals surface area contributed by atoms with Crippen molar-refractivity contribution in [1.29, 1.82) is 0 Å². The van der Waals surface area contributed by atoms with Crippen LogP contribution in [0.25, 0.3) is 10.4 Å². The molecule has 0 atom stereocenters. The second kappa shape index (κ2) is 3.90. The molecule has 0 radical (unpaired) electrons. The van der Waals surface area contributed by atoms with Gasteiger partial charge in [-0.05, 0) is 29.1 Å². The maximum Gasteiger partial charge on any atom is 0.127 e. The molecule has 0 saturated carbocycles.